The molecule has 0 heterocycles. The molecule has 0 unspecified atom stereocenters. The average molecular weight is 315 g/mol. The summed E-state index contributed by atoms with van der Waals surface area (Å²) in [7, 11) is -5.39. The van der Waals surface area contributed by atoms with Gasteiger partial charge in [-0.05, 0) is 0 Å². The van der Waals surface area contributed by atoms with Gasteiger partial charge in [0.1, 0.15) is 0 Å². The molecule has 0 aliphatic rings. The van der Waals surface area contributed by atoms with Crippen molar-refractivity contribution in [1.82, 2.24) is 0 Å². The standard InChI is InChI=1S/Cu.H3O4P.Zn.Zr/c;1-5(2,3)4;;/h;(H3,1,2,3,4);;/q+2;;+2;+4/p-3. The van der Waals surface area contributed by atoms with Crippen LogP contribution < -0.4 is 14.7 Å². The van der Waals surface area contributed by atoms with Crippen LogP contribution in [0.2, 0.25) is 0 Å². The summed E-state index contributed by atoms with van der Waals surface area (Å²) >= 11 is 0. The van der Waals surface area contributed by atoms with Crippen LogP contribution in [0.15, 0.2) is 0 Å². The predicted molar refractivity (Wildman–Crippen MR) is 7.61 cm³/mol. The summed E-state index contributed by atoms with van der Waals surface area (Å²) in [6.45, 7) is 0. The van der Waals surface area contributed by atoms with Crippen LogP contribution in [0.5, 0.6) is 0 Å². The Morgan fingerprint density at radius 3 is 1.12 bits per heavy atom. The number of rotatable bonds is 0. The van der Waals surface area contributed by atoms with E-state index < -0.39 is 7.82 Å². The number of phosphoric acid groups is 1. The summed E-state index contributed by atoms with van der Waals surface area (Å²) < 4.78 is 8.55. The van der Waals surface area contributed by atoms with Gasteiger partial charge in [0.05, 0.1) is 0 Å². The maximum atomic E-state index is 8.55. The van der Waals surface area contributed by atoms with Gasteiger partial charge in [0, 0.05) is 0 Å². The van der Waals surface area contributed by atoms with Crippen LogP contribution >= 0.6 is 7.82 Å². The molecule has 0 aliphatic heterocycles. The van der Waals surface area contributed by atoms with Gasteiger partial charge in [0.2, 0.25) is 0 Å². The predicted octanol–water partition coefficient (Wildman–Crippen LogP) is -2.83. The fourth-order valence-electron chi connectivity index (χ4n) is 0. The van der Waals surface area contributed by atoms with Crippen molar-refractivity contribution in [3.63, 3.8) is 0 Å². The Hall–Kier alpha value is 2.14. The number of hydrogen-bond acceptors (Lipinski definition) is 4. The fraction of sp³-hybridized carbons (Fsp3) is 0. The van der Waals surface area contributed by atoms with Crippen molar-refractivity contribution in [3.8, 4) is 0 Å². The molecular formula is CuO4PZnZr+5. The summed E-state index contributed by atoms with van der Waals surface area (Å²) in [5, 5.41) is 0. The molecule has 0 atom stereocenters. The first-order chi connectivity index (χ1) is 2.00. The van der Waals surface area contributed by atoms with Crippen LogP contribution in [0, 0.1) is 0 Å². The number of hydrogen-bond donors (Lipinski definition) is 0. The first kappa shape index (κ1) is 22.5. The molecule has 41 valence electrons. The maximum Gasteiger partial charge on any atom is 4.00 e. The summed E-state index contributed by atoms with van der Waals surface area (Å²) in [5.74, 6) is 0. The van der Waals surface area contributed by atoms with Crippen LogP contribution in [0.4, 0.5) is 0 Å². The summed E-state index contributed by atoms with van der Waals surface area (Å²) in [4.78, 5) is 25.6. The molecule has 8 heavy (non-hydrogen) atoms. The first-order valence-electron chi connectivity index (χ1n) is 0.730. The van der Waals surface area contributed by atoms with E-state index in [1.165, 1.54) is 0 Å². The van der Waals surface area contributed by atoms with E-state index in [1.54, 1.807) is 0 Å². The Labute approximate surface area is 89.0 Å². The molecule has 0 aromatic heterocycles. The average Bonchev–Trinajstić information content (AvgIpc) is 0.722. The van der Waals surface area contributed by atoms with Crippen molar-refractivity contribution in [2.45, 2.75) is 0 Å². The van der Waals surface area contributed by atoms with E-state index in [1.807, 2.05) is 0 Å². The molecule has 0 rings (SSSR count). The van der Waals surface area contributed by atoms with Crippen molar-refractivity contribution >= 4 is 7.82 Å². The molecule has 4 nitrogen and oxygen atoms in total. The van der Waals surface area contributed by atoms with Gasteiger partial charge in [0.25, 0.3) is 0 Å². The molecule has 0 spiro atoms. The van der Waals surface area contributed by atoms with E-state index in [2.05, 4.69) is 0 Å². The minimum Gasteiger partial charge on any atom is -0.822 e. The Bertz CT molecular complexity index is 62.2. The van der Waals surface area contributed by atoms with Gasteiger partial charge in [-0.15, -0.1) is 0 Å². The monoisotopic (exact) mass is 312 g/mol. The molecule has 1 radical (unpaired) electrons. The molecular weight excluding hydrogens is 315 g/mol. The van der Waals surface area contributed by atoms with Gasteiger partial charge in [-0.3, -0.25) is 0 Å². The van der Waals surface area contributed by atoms with E-state index >= 15 is 0 Å². The van der Waals surface area contributed by atoms with Gasteiger partial charge >= 0.3 is 62.8 Å². The van der Waals surface area contributed by atoms with Gasteiger partial charge in [-0.2, -0.15) is 7.82 Å². The van der Waals surface area contributed by atoms with Gasteiger partial charge in [0.15, 0.2) is 0 Å². The zero-order chi connectivity index (χ0) is 4.50. The summed E-state index contributed by atoms with van der Waals surface area (Å²) in [5.41, 5.74) is 0. The molecule has 0 N–H and O–H groups in total. The van der Waals surface area contributed by atoms with Crippen molar-refractivity contribution in [2.24, 2.45) is 0 Å². The van der Waals surface area contributed by atoms with Crippen molar-refractivity contribution in [1.29, 1.82) is 0 Å². The van der Waals surface area contributed by atoms with Crippen LogP contribution in [-0.2, 0) is 67.3 Å². The molecule has 0 bridgehead atoms. The maximum absolute atomic E-state index is 8.55. The molecule has 0 aliphatic carbocycles. The Morgan fingerprint density at radius 1 is 1.12 bits per heavy atom. The van der Waals surface area contributed by atoms with Gasteiger partial charge < -0.3 is 19.2 Å². The third kappa shape index (κ3) is 90.8. The van der Waals surface area contributed by atoms with E-state index in [9.17, 15) is 0 Å². The first-order valence-corrected chi connectivity index (χ1v) is 2.19. The second-order valence-electron chi connectivity index (χ2n) is 0.447. The van der Waals surface area contributed by atoms with Crippen molar-refractivity contribution in [2.75, 3.05) is 0 Å². The fourth-order valence-corrected chi connectivity index (χ4v) is 0. The molecule has 0 amide bonds. The molecule has 0 aromatic rings. The van der Waals surface area contributed by atoms with E-state index in [4.69, 9.17) is 19.2 Å². The topological polar surface area (TPSA) is 86.2 Å². The Morgan fingerprint density at radius 2 is 1.12 bits per heavy atom. The zero-order valence-electron chi connectivity index (χ0n) is 3.59. The molecule has 0 saturated heterocycles. The van der Waals surface area contributed by atoms with Gasteiger partial charge in [-0.1, -0.05) is 0 Å². The quantitative estimate of drug-likeness (QED) is 0.356. The molecule has 8 heteroatoms. The summed E-state index contributed by atoms with van der Waals surface area (Å²) in [6, 6.07) is 0. The van der Waals surface area contributed by atoms with Crippen molar-refractivity contribution in [3.05, 3.63) is 0 Å². The van der Waals surface area contributed by atoms with E-state index in [0.29, 0.717) is 0 Å². The molecule has 0 fully saturated rings. The van der Waals surface area contributed by atoms with Gasteiger partial charge in [-0.25, -0.2) is 0 Å². The summed E-state index contributed by atoms with van der Waals surface area (Å²) in [6.07, 6.45) is 0. The van der Waals surface area contributed by atoms with Crippen molar-refractivity contribution < 1.29 is 82.0 Å². The molecule has 0 aromatic carbocycles. The third-order valence-electron chi connectivity index (χ3n) is 0. The minimum atomic E-state index is -5.39. The van der Waals surface area contributed by atoms with Crippen LogP contribution in [0.25, 0.3) is 0 Å². The Balaban J connectivity index is -0.0000000267. The second-order valence-corrected chi connectivity index (χ2v) is 1.34. The normalized spacial score (nSPS) is 7.38. The van der Waals surface area contributed by atoms with Crippen LogP contribution in [-0.4, -0.2) is 0 Å². The second kappa shape index (κ2) is 9.14. The van der Waals surface area contributed by atoms with E-state index in [-0.39, 0.29) is 62.8 Å². The van der Waals surface area contributed by atoms with E-state index in [0.717, 1.165) is 0 Å². The Kier molecular flexibility index (Phi) is 25.7. The third-order valence-corrected chi connectivity index (χ3v) is 0. The largest absolute Gasteiger partial charge is 4.00 e. The van der Waals surface area contributed by atoms with Crippen LogP contribution in [0.3, 0.4) is 0 Å². The smallest absolute Gasteiger partial charge is 0.822 e. The van der Waals surface area contributed by atoms with Crippen LogP contribution in [0.1, 0.15) is 0 Å². The molecule has 0 saturated carbocycles. The SMILES string of the molecule is O=P([O-])([O-])[O-].[Cu+2].[Zn+2].[Zr+4]. The zero-order valence-corrected chi connectivity index (χ0v) is 10.9. The minimum absolute atomic E-state index is 0.